The van der Waals surface area contributed by atoms with Crippen LogP contribution < -0.4 is 0 Å². The molecular weight excluding hydrogens is 432 g/mol. The molecule has 0 radical (unpaired) electrons. The van der Waals surface area contributed by atoms with Gasteiger partial charge in [0.1, 0.15) is 0 Å². The average Bonchev–Trinajstić information content (AvgIpc) is 2.94. The van der Waals surface area contributed by atoms with Crippen LogP contribution >= 0.6 is 0 Å². The third-order valence-corrected chi connectivity index (χ3v) is 6.59. The molecule has 5 rings (SSSR count). The van der Waals surface area contributed by atoms with E-state index in [1.54, 1.807) is 0 Å². The van der Waals surface area contributed by atoms with Crippen molar-refractivity contribution < 1.29 is 0 Å². The Bertz CT molecular complexity index is 1310. The molecule has 5 aromatic rings. The molecule has 36 heavy (non-hydrogen) atoms. The van der Waals surface area contributed by atoms with E-state index in [1.165, 1.54) is 44.5 Å². The van der Waals surface area contributed by atoms with Gasteiger partial charge in [0.15, 0.2) is 0 Å². The molecular formula is C36H36. The second-order valence-corrected chi connectivity index (χ2v) is 9.86. The summed E-state index contributed by atoms with van der Waals surface area (Å²) < 4.78 is 0. The maximum atomic E-state index is 2.23. The van der Waals surface area contributed by atoms with Crippen LogP contribution in [0.3, 0.4) is 0 Å². The highest BCUT2D eigenvalue weighted by molar-refractivity contribution is 5.70. The lowest BCUT2D eigenvalue weighted by molar-refractivity contribution is 0.867. The summed E-state index contributed by atoms with van der Waals surface area (Å²) in [4.78, 5) is 0. The Balaban J connectivity index is 0.000000179. The minimum atomic E-state index is 0.583. The zero-order valence-corrected chi connectivity index (χ0v) is 21.9. The predicted molar refractivity (Wildman–Crippen MR) is 157 cm³/mol. The zero-order valence-electron chi connectivity index (χ0n) is 21.9. The van der Waals surface area contributed by atoms with Crippen LogP contribution in [0.4, 0.5) is 0 Å². The summed E-state index contributed by atoms with van der Waals surface area (Å²) in [5.74, 6) is 1.19. The van der Waals surface area contributed by atoms with E-state index in [1.807, 2.05) is 12.1 Å². The van der Waals surface area contributed by atoms with Crippen LogP contribution in [0.1, 0.15) is 50.7 Å². The molecule has 0 aliphatic rings. The van der Waals surface area contributed by atoms with Gasteiger partial charge >= 0.3 is 0 Å². The molecule has 0 saturated carbocycles. The van der Waals surface area contributed by atoms with Gasteiger partial charge in [-0.2, -0.15) is 0 Å². The molecule has 0 aliphatic heterocycles. The number of hydrogen-bond acceptors (Lipinski definition) is 0. The molecule has 0 amide bonds. The average molecular weight is 469 g/mol. The van der Waals surface area contributed by atoms with Crippen molar-refractivity contribution in [3.05, 3.63) is 145 Å². The topological polar surface area (TPSA) is 0 Å². The van der Waals surface area contributed by atoms with Gasteiger partial charge in [-0.25, -0.2) is 0 Å². The summed E-state index contributed by atoms with van der Waals surface area (Å²) in [6.07, 6.45) is 0. The highest BCUT2D eigenvalue weighted by Crippen LogP contribution is 2.26. The predicted octanol–water partition coefficient (Wildman–Crippen LogP) is 10.6. The summed E-state index contributed by atoms with van der Waals surface area (Å²) in [5.41, 5.74) is 10.4. The van der Waals surface area contributed by atoms with Crippen molar-refractivity contribution >= 4 is 0 Å². The van der Waals surface area contributed by atoms with Crippen LogP contribution in [-0.4, -0.2) is 0 Å². The van der Waals surface area contributed by atoms with Crippen LogP contribution in [0.25, 0.3) is 33.4 Å². The van der Waals surface area contributed by atoms with Crippen molar-refractivity contribution in [2.45, 2.75) is 39.5 Å². The first-order valence-electron chi connectivity index (χ1n) is 12.9. The number of rotatable bonds is 5. The van der Waals surface area contributed by atoms with Crippen molar-refractivity contribution in [1.82, 2.24) is 0 Å². The third kappa shape index (κ3) is 6.61. The maximum Gasteiger partial charge on any atom is -0.0184 e. The molecule has 0 heterocycles. The van der Waals surface area contributed by atoms with E-state index in [2.05, 4.69) is 149 Å². The van der Waals surface area contributed by atoms with Gasteiger partial charge in [-0.1, -0.05) is 161 Å². The normalized spacial score (nSPS) is 10.7. The Morgan fingerprint density at radius 3 is 0.750 bits per heavy atom. The van der Waals surface area contributed by atoms with E-state index in [9.17, 15) is 0 Å². The van der Waals surface area contributed by atoms with E-state index in [-0.39, 0.29) is 0 Å². The highest BCUT2D eigenvalue weighted by atomic mass is 14.1. The molecule has 0 saturated heterocycles. The number of hydrogen-bond donors (Lipinski definition) is 0. The van der Waals surface area contributed by atoms with Crippen molar-refractivity contribution in [1.29, 1.82) is 0 Å². The van der Waals surface area contributed by atoms with Gasteiger partial charge in [0.05, 0.1) is 0 Å². The van der Waals surface area contributed by atoms with Gasteiger partial charge in [-0.15, -0.1) is 0 Å². The molecule has 0 unspecified atom stereocenters. The molecule has 0 fully saturated rings. The van der Waals surface area contributed by atoms with E-state index < -0.39 is 0 Å². The summed E-state index contributed by atoms with van der Waals surface area (Å²) in [7, 11) is 0. The van der Waals surface area contributed by atoms with E-state index in [4.69, 9.17) is 0 Å². The Labute approximate surface area is 217 Å². The zero-order chi connectivity index (χ0) is 25.3. The molecule has 0 heteroatoms. The number of benzene rings is 5. The summed E-state index contributed by atoms with van der Waals surface area (Å²) in [6.45, 7) is 8.89. The van der Waals surface area contributed by atoms with E-state index in [0.29, 0.717) is 11.8 Å². The van der Waals surface area contributed by atoms with Gasteiger partial charge in [-0.05, 0) is 56.3 Å². The van der Waals surface area contributed by atoms with Gasteiger partial charge in [0.25, 0.3) is 0 Å². The lowest BCUT2D eigenvalue weighted by Crippen LogP contribution is -1.86. The smallest absolute Gasteiger partial charge is 0.0184 e. The summed E-state index contributed by atoms with van der Waals surface area (Å²) in [5, 5.41) is 0. The van der Waals surface area contributed by atoms with Crippen LogP contribution in [0.15, 0.2) is 133 Å². The van der Waals surface area contributed by atoms with E-state index in [0.717, 1.165) is 0 Å². The van der Waals surface area contributed by atoms with E-state index >= 15 is 0 Å². The largest absolute Gasteiger partial charge is 0.0622 e. The summed E-state index contributed by atoms with van der Waals surface area (Å²) >= 11 is 0. The van der Waals surface area contributed by atoms with Crippen molar-refractivity contribution in [3.8, 4) is 33.4 Å². The van der Waals surface area contributed by atoms with Gasteiger partial charge in [-0.3, -0.25) is 0 Å². The molecule has 0 atom stereocenters. The second kappa shape index (κ2) is 12.2. The highest BCUT2D eigenvalue weighted by Gasteiger charge is 2.03. The molecule has 0 aromatic heterocycles. The maximum absolute atomic E-state index is 2.23. The van der Waals surface area contributed by atoms with Crippen LogP contribution in [0, 0.1) is 0 Å². The second-order valence-electron chi connectivity index (χ2n) is 9.86. The van der Waals surface area contributed by atoms with Crippen molar-refractivity contribution in [2.24, 2.45) is 0 Å². The minimum absolute atomic E-state index is 0.583. The van der Waals surface area contributed by atoms with Gasteiger partial charge < -0.3 is 0 Å². The lowest BCUT2D eigenvalue weighted by atomic mass is 9.97. The fraction of sp³-hybridized carbons (Fsp3) is 0.167. The fourth-order valence-electron chi connectivity index (χ4n) is 4.24. The molecule has 0 nitrogen and oxygen atoms in total. The van der Waals surface area contributed by atoms with Crippen molar-refractivity contribution in [3.63, 3.8) is 0 Å². The molecule has 0 bridgehead atoms. The Kier molecular flexibility index (Phi) is 8.53. The first-order chi connectivity index (χ1) is 17.5. The van der Waals surface area contributed by atoms with Crippen LogP contribution in [0.2, 0.25) is 0 Å². The first-order valence-corrected chi connectivity index (χ1v) is 12.9. The van der Waals surface area contributed by atoms with Gasteiger partial charge in [0, 0.05) is 0 Å². The van der Waals surface area contributed by atoms with Crippen molar-refractivity contribution in [2.75, 3.05) is 0 Å². The molecule has 0 spiro atoms. The van der Waals surface area contributed by atoms with Crippen LogP contribution in [0.5, 0.6) is 0 Å². The lowest BCUT2D eigenvalue weighted by Gasteiger charge is -2.08. The Morgan fingerprint density at radius 1 is 0.278 bits per heavy atom. The molecule has 180 valence electrons. The SMILES string of the molecule is CC(C)c1ccc(-c2ccc(-c3ccccc3)cc2)cc1.CC(C)c1ccc(-c2ccccc2)cc1. The molecule has 0 N–H and O–H groups in total. The first kappa shape index (κ1) is 25.2. The minimum Gasteiger partial charge on any atom is -0.0622 e. The molecule has 5 aromatic carbocycles. The third-order valence-electron chi connectivity index (χ3n) is 6.59. The Morgan fingerprint density at radius 2 is 0.500 bits per heavy atom. The quantitative estimate of drug-likeness (QED) is 0.241. The summed E-state index contributed by atoms with van der Waals surface area (Å²) in [6, 6.07) is 47.5. The fourth-order valence-corrected chi connectivity index (χ4v) is 4.24. The Hall–Kier alpha value is -3.90. The monoisotopic (exact) mass is 468 g/mol. The van der Waals surface area contributed by atoms with Gasteiger partial charge in [0.2, 0.25) is 0 Å². The molecule has 0 aliphatic carbocycles. The standard InChI is InChI=1S/C21H20.C15H16/c1-16(2)17-8-10-20(11-9-17)21-14-12-19(13-15-21)18-6-4-3-5-7-18;1-12(2)13-8-10-15(11-9-13)14-6-4-3-5-7-14/h3-16H,1-2H3;3-12H,1-2H3. The van der Waals surface area contributed by atoms with Crippen LogP contribution in [-0.2, 0) is 0 Å².